The van der Waals surface area contributed by atoms with Gasteiger partial charge in [-0.25, -0.2) is 19.0 Å². The molecule has 0 radical (unpaired) electrons. The van der Waals surface area contributed by atoms with Crippen molar-refractivity contribution in [3.8, 4) is 0 Å². The molecule has 0 amide bonds. The van der Waals surface area contributed by atoms with Crippen molar-refractivity contribution >= 4 is 57.7 Å². The van der Waals surface area contributed by atoms with Crippen LogP contribution in [0, 0.1) is 5.82 Å². The van der Waals surface area contributed by atoms with Crippen LogP contribution in [0.4, 0.5) is 9.18 Å². The molecule has 1 fully saturated rings. The minimum absolute atomic E-state index is 0.0463. The number of rotatable bonds is 9. The van der Waals surface area contributed by atoms with E-state index in [4.69, 9.17) is 30.5 Å². The van der Waals surface area contributed by atoms with E-state index in [1.54, 1.807) is 44.0 Å². The zero-order valence-electron chi connectivity index (χ0n) is 23.7. The van der Waals surface area contributed by atoms with Gasteiger partial charge in [-0.3, -0.25) is 18.9 Å². The van der Waals surface area contributed by atoms with Gasteiger partial charge in [0.2, 0.25) is 6.79 Å². The molecule has 16 heteroatoms. The maximum absolute atomic E-state index is 12.8. The van der Waals surface area contributed by atoms with Crippen molar-refractivity contribution in [3.63, 3.8) is 0 Å². The largest absolute Gasteiger partial charge is 0.511 e. The number of nitrogens with one attached hydrogen (secondary N) is 1. The van der Waals surface area contributed by atoms with Gasteiger partial charge in [-0.1, -0.05) is 17.7 Å². The van der Waals surface area contributed by atoms with E-state index < -0.39 is 41.7 Å². The van der Waals surface area contributed by atoms with E-state index in [2.05, 4.69) is 15.3 Å². The van der Waals surface area contributed by atoms with E-state index >= 15 is 0 Å². The van der Waals surface area contributed by atoms with E-state index in [0.717, 1.165) is 0 Å². The summed E-state index contributed by atoms with van der Waals surface area (Å²) in [5, 5.41) is 6.07. The molecule has 2 aromatic rings. The van der Waals surface area contributed by atoms with Crippen LogP contribution in [0.2, 0.25) is 5.02 Å². The second kappa shape index (κ2) is 17.0. The van der Waals surface area contributed by atoms with Gasteiger partial charge in [-0.15, -0.1) is 11.3 Å². The number of aliphatic imine (C=N–C) groups is 1. The highest BCUT2D eigenvalue weighted by atomic mass is 35.5. The molecule has 0 saturated carbocycles. The molecule has 2 aliphatic heterocycles. The Labute approximate surface area is 259 Å². The summed E-state index contributed by atoms with van der Waals surface area (Å²) >= 11 is 6.80. The van der Waals surface area contributed by atoms with Crippen molar-refractivity contribution < 1.29 is 41.9 Å². The number of halogens is 2. The molecular formula is C27H32ClFN4O8S2. The van der Waals surface area contributed by atoms with Crippen LogP contribution in [0.15, 0.2) is 52.1 Å². The van der Waals surface area contributed by atoms with Crippen molar-refractivity contribution in [2.45, 2.75) is 32.9 Å². The Balaban J connectivity index is 0.000000546. The third-order valence-electron chi connectivity index (χ3n) is 5.71. The standard InChI is InChI=1S/C21H28N4O8S2.C6H4ClF/c1-4-30-19(26)14-9-23-17(18-22-5-7-34-18)24-15(14)10-25-6-8-35(29)11-16(25)20(27)31-12-32-21(28)33-13(2)3;7-5-2-1-3-6(8)4-5/h5,7,13,16H,4,6,8-12H2,1-3H3,(H,23,24);1-4H. The number of ether oxygens (including phenoxy) is 4. The molecule has 234 valence electrons. The van der Waals surface area contributed by atoms with Crippen LogP contribution in [-0.4, -0.2) is 94.7 Å². The van der Waals surface area contributed by atoms with E-state index in [-0.39, 0.29) is 37.4 Å². The van der Waals surface area contributed by atoms with Crippen LogP contribution in [0.1, 0.15) is 25.8 Å². The van der Waals surface area contributed by atoms with Crippen molar-refractivity contribution in [1.82, 2.24) is 15.2 Å². The number of carbonyl (C=O) groups excluding carboxylic acids is 3. The van der Waals surface area contributed by atoms with Crippen LogP contribution < -0.4 is 5.32 Å². The molecule has 12 nitrogen and oxygen atoms in total. The van der Waals surface area contributed by atoms with E-state index in [1.165, 1.54) is 23.5 Å². The Morgan fingerprint density at radius 2 is 2.05 bits per heavy atom. The van der Waals surface area contributed by atoms with Crippen molar-refractivity contribution in [3.05, 3.63) is 63.0 Å². The Hall–Kier alpha value is -3.40. The fourth-order valence-electron chi connectivity index (χ4n) is 3.78. The first-order valence-electron chi connectivity index (χ1n) is 13.2. The SMILES string of the molecule is CCOC(=O)C1=C(CN2CCS(=O)CC2C(=O)OCOC(=O)OC(C)C)NC(c2nccs2)=NC1.Fc1cccc(Cl)c1. The Morgan fingerprint density at radius 3 is 2.67 bits per heavy atom. The lowest BCUT2D eigenvalue weighted by Gasteiger charge is -2.35. The average molecular weight is 659 g/mol. The van der Waals surface area contributed by atoms with E-state index in [1.807, 2.05) is 5.38 Å². The van der Waals surface area contributed by atoms with Gasteiger partial charge in [-0.2, -0.15) is 0 Å². The summed E-state index contributed by atoms with van der Waals surface area (Å²) in [6.45, 7) is 5.18. The molecule has 43 heavy (non-hydrogen) atoms. The summed E-state index contributed by atoms with van der Waals surface area (Å²) in [5.41, 5.74) is 0.858. The second-order valence-electron chi connectivity index (χ2n) is 9.18. The molecule has 0 spiro atoms. The number of amidine groups is 1. The Bertz CT molecular complexity index is 1340. The van der Waals surface area contributed by atoms with Gasteiger partial charge in [-0.05, 0) is 39.0 Å². The molecule has 1 saturated heterocycles. The number of esters is 2. The molecule has 2 aliphatic rings. The second-order valence-corrected chi connectivity index (χ2v) is 12.1. The average Bonchev–Trinajstić information content (AvgIpc) is 3.49. The molecule has 1 N–H and O–H groups in total. The summed E-state index contributed by atoms with van der Waals surface area (Å²) in [7, 11) is -1.23. The number of aromatic nitrogens is 1. The van der Waals surface area contributed by atoms with Gasteiger partial charge >= 0.3 is 18.1 Å². The topological polar surface area (TPSA) is 146 Å². The highest BCUT2D eigenvalue weighted by molar-refractivity contribution is 7.85. The molecule has 0 bridgehead atoms. The van der Waals surface area contributed by atoms with Gasteiger partial charge in [0.05, 0.1) is 24.8 Å². The molecule has 2 unspecified atom stereocenters. The lowest BCUT2D eigenvalue weighted by molar-refractivity contribution is -0.159. The molecule has 0 aliphatic carbocycles. The lowest BCUT2D eigenvalue weighted by Crippen LogP contribution is -2.53. The fraction of sp³-hybridized carbons (Fsp3) is 0.444. The van der Waals surface area contributed by atoms with Crippen LogP contribution in [0.25, 0.3) is 0 Å². The fourth-order valence-corrected chi connectivity index (χ4v) is 5.86. The summed E-state index contributed by atoms with van der Waals surface area (Å²) in [6.07, 6.45) is 0.318. The van der Waals surface area contributed by atoms with Gasteiger partial charge in [0.25, 0.3) is 0 Å². The van der Waals surface area contributed by atoms with E-state index in [9.17, 15) is 23.0 Å². The van der Waals surface area contributed by atoms with Gasteiger partial charge in [0.15, 0.2) is 10.8 Å². The van der Waals surface area contributed by atoms with Crippen LogP contribution in [0.3, 0.4) is 0 Å². The monoisotopic (exact) mass is 658 g/mol. The highest BCUT2D eigenvalue weighted by Crippen LogP contribution is 2.19. The summed E-state index contributed by atoms with van der Waals surface area (Å²) in [5.74, 6) is -0.578. The number of thiazole rings is 1. The number of carbonyl (C=O) groups is 3. The van der Waals surface area contributed by atoms with Crippen LogP contribution in [0.5, 0.6) is 0 Å². The van der Waals surface area contributed by atoms with Gasteiger partial charge < -0.3 is 24.3 Å². The van der Waals surface area contributed by atoms with Gasteiger partial charge in [0, 0.05) is 57.7 Å². The highest BCUT2D eigenvalue weighted by Gasteiger charge is 2.35. The third-order valence-corrected chi connectivity index (χ3v) is 8.05. The number of hydrogen-bond acceptors (Lipinski definition) is 13. The third kappa shape index (κ3) is 11.0. The van der Waals surface area contributed by atoms with Crippen molar-refractivity contribution in [2.24, 2.45) is 4.99 Å². The smallest absolute Gasteiger partial charge is 0.463 e. The molecular weight excluding hydrogens is 627 g/mol. The quantitative estimate of drug-likeness (QED) is 0.241. The summed E-state index contributed by atoms with van der Waals surface area (Å²) in [4.78, 5) is 47.3. The summed E-state index contributed by atoms with van der Waals surface area (Å²) < 4.78 is 44.2. The molecule has 3 heterocycles. The van der Waals surface area contributed by atoms with Crippen LogP contribution in [-0.2, 0) is 39.3 Å². The number of hydrogen-bond donors (Lipinski definition) is 1. The minimum atomic E-state index is -1.23. The predicted octanol–water partition coefficient (Wildman–Crippen LogP) is 3.28. The van der Waals surface area contributed by atoms with Crippen LogP contribution >= 0.6 is 22.9 Å². The zero-order valence-corrected chi connectivity index (χ0v) is 26.1. The van der Waals surface area contributed by atoms with Gasteiger partial charge in [0.1, 0.15) is 11.9 Å². The lowest BCUT2D eigenvalue weighted by atomic mass is 10.1. The first-order chi connectivity index (χ1) is 20.6. The molecule has 1 aromatic carbocycles. The normalized spacial score (nSPS) is 18.5. The molecule has 1 aromatic heterocycles. The maximum Gasteiger partial charge on any atom is 0.511 e. The maximum atomic E-state index is 12.8. The zero-order chi connectivity index (χ0) is 31.4. The first-order valence-corrected chi connectivity index (χ1v) is 15.9. The first kappa shape index (κ1) is 34.1. The summed E-state index contributed by atoms with van der Waals surface area (Å²) in [6, 6.07) is 4.95. The van der Waals surface area contributed by atoms with Crippen molar-refractivity contribution in [1.29, 1.82) is 0 Å². The van der Waals surface area contributed by atoms with Crippen molar-refractivity contribution in [2.75, 3.05) is 44.5 Å². The molecule has 2 atom stereocenters. The minimum Gasteiger partial charge on any atom is -0.463 e. The predicted molar refractivity (Wildman–Crippen MR) is 159 cm³/mol. The molecule has 4 rings (SSSR count). The number of nitrogens with zero attached hydrogens (tertiary/aromatic N) is 3. The Kier molecular flexibility index (Phi) is 13.5. The number of benzene rings is 1. The van der Waals surface area contributed by atoms with E-state index in [0.29, 0.717) is 39.4 Å². The Morgan fingerprint density at radius 1 is 1.26 bits per heavy atom.